The molecule has 1 rings (SSSR count). The summed E-state index contributed by atoms with van der Waals surface area (Å²) >= 11 is 0. The molecule has 1 aromatic heterocycles. The number of hydrogen-bond acceptors (Lipinski definition) is 6. The Labute approximate surface area is 122 Å². The predicted octanol–water partition coefficient (Wildman–Crippen LogP) is 1.84. The standard InChI is InChI=1S/C15H16N2O4/c1-3-9-20-14(18)12(15(19)21-10-4-2)11-17-13-7-5-6-8-16-13/h3-8,11H,1-2,9-10H2,(H,16,17). The third-order valence-corrected chi connectivity index (χ3v) is 2.13. The molecule has 0 aromatic carbocycles. The van der Waals surface area contributed by atoms with Crippen LogP contribution in [0.15, 0.2) is 61.5 Å². The summed E-state index contributed by atoms with van der Waals surface area (Å²) in [4.78, 5) is 27.6. The lowest BCUT2D eigenvalue weighted by Gasteiger charge is -2.07. The van der Waals surface area contributed by atoms with Gasteiger partial charge in [-0.1, -0.05) is 31.4 Å². The topological polar surface area (TPSA) is 77.5 Å². The maximum absolute atomic E-state index is 11.8. The van der Waals surface area contributed by atoms with Crippen LogP contribution in [0.1, 0.15) is 0 Å². The molecule has 0 aliphatic rings. The van der Waals surface area contributed by atoms with Crippen molar-refractivity contribution in [1.29, 1.82) is 0 Å². The van der Waals surface area contributed by atoms with Crippen LogP contribution in [0, 0.1) is 0 Å². The highest BCUT2D eigenvalue weighted by atomic mass is 16.6. The minimum absolute atomic E-state index is 0.00546. The lowest BCUT2D eigenvalue weighted by Crippen LogP contribution is -2.19. The maximum Gasteiger partial charge on any atom is 0.347 e. The first kappa shape index (κ1) is 16.2. The number of esters is 2. The Balaban J connectivity index is 2.83. The van der Waals surface area contributed by atoms with Crippen molar-refractivity contribution in [3.05, 3.63) is 61.5 Å². The van der Waals surface area contributed by atoms with E-state index in [0.717, 1.165) is 0 Å². The van der Waals surface area contributed by atoms with Gasteiger partial charge in [0.1, 0.15) is 19.0 Å². The van der Waals surface area contributed by atoms with Crippen LogP contribution in [-0.2, 0) is 19.1 Å². The van der Waals surface area contributed by atoms with Gasteiger partial charge in [0.15, 0.2) is 5.57 Å². The monoisotopic (exact) mass is 288 g/mol. The smallest absolute Gasteiger partial charge is 0.347 e. The summed E-state index contributed by atoms with van der Waals surface area (Å²) in [5.74, 6) is -1.15. The van der Waals surface area contributed by atoms with Crippen molar-refractivity contribution in [2.75, 3.05) is 18.5 Å². The fourth-order valence-electron chi connectivity index (χ4n) is 1.22. The largest absolute Gasteiger partial charge is 0.458 e. The fraction of sp³-hybridized carbons (Fsp3) is 0.133. The van der Waals surface area contributed by atoms with Crippen molar-refractivity contribution in [2.45, 2.75) is 0 Å². The van der Waals surface area contributed by atoms with Crippen molar-refractivity contribution in [1.82, 2.24) is 4.98 Å². The van der Waals surface area contributed by atoms with Gasteiger partial charge in [-0.25, -0.2) is 14.6 Å². The number of pyridine rings is 1. The first-order valence-electron chi connectivity index (χ1n) is 6.12. The van der Waals surface area contributed by atoms with Gasteiger partial charge in [0.25, 0.3) is 0 Å². The number of rotatable bonds is 8. The normalized spacial score (nSPS) is 9.14. The van der Waals surface area contributed by atoms with Crippen molar-refractivity contribution >= 4 is 17.8 Å². The number of carbonyl (C=O) groups excluding carboxylic acids is 2. The molecule has 0 unspecified atom stereocenters. The molecule has 6 heteroatoms. The average Bonchev–Trinajstić information content (AvgIpc) is 2.52. The Hall–Kier alpha value is -2.89. The van der Waals surface area contributed by atoms with Gasteiger partial charge in [0, 0.05) is 12.4 Å². The second-order valence-corrected chi connectivity index (χ2v) is 3.69. The second-order valence-electron chi connectivity index (χ2n) is 3.69. The van der Waals surface area contributed by atoms with E-state index in [9.17, 15) is 9.59 Å². The Morgan fingerprint density at radius 2 is 1.76 bits per heavy atom. The van der Waals surface area contributed by atoms with E-state index in [0.29, 0.717) is 5.82 Å². The van der Waals surface area contributed by atoms with E-state index in [-0.39, 0.29) is 18.8 Å². The van der Waals surface area contributed by atoms with E-state index in [1.807, 2.05) is 0 Å². The zero-order valence-electron chi connectivity index (χ0n) is 11.5. The van der Waals surface area contributed by atoms with E-state index in [1.165, 1.54) is 18.4 Å². The first-order valence-corrected chi connectivity index (χ1v) is 6.12. The van der Waals surface area contributed by atoms with Gasteiger partial charge in [-0.05, 0) is 12.1 Å². The highest BCUT2D eigenvalue weighted by Gasteiger charge is 2.21. The molecular weight excluding hydrogens is 272 g/mol. The Kier molecular flexibility index (Phi) is 6.99. The lowest BCUT2D eigenvalue weighted by molar-refractivity contribution is -0.145. The number of anilines is 1. The Morgan fingerprint density at radius 1 is 1.14 bits per heavy atom. The second kappa shape index (κ2) is 9.08. The number of nitrogens with zero attached hydrogens (tertiary/aromatic N) is 1. The number of ether oxygens (including phenoxy) is 2. The van der Waals surface area contributed by atoms with E-state index in [1.54, 1.807) is 24.4 Å². The van der Waals surface area contributed by atoms with Crippen LogP contribution >= 0.6 is 0 Å². The van der Waals surface area contributed by atoms with E-state index in [4.69, 9.17) is 9.47 Å². The van der Waals surface area contributed by atoms with Crippen molar-refractivity contribution in [2.24, 2.45) is 0 Å². The van der Waals surface area contributed by atoms with Gasteiger partial charge < -0.3 is 14.8 Å². The molecule has 0 atom stereocenters. The molecule has 0 radical (unpaired) electrons. The summed E-state index contributed by atoms with van der Waals surface area (Å²) in [6.07, 6.45) is 5.56. The fourth-order valence-corrected chi connectivity index (χ4v) is 1.22. The minimum atomic E-state index is -0.813. The van der Waals surface area contributed by atoms with E-state index >= 15 is 0 Å². The zero-order chi connectivity index (χ0) is 15.5. The van der Waals surface area contributed by atoms with Crippen LogP contribution in [0.4, 0.5) is 5.82 Å². The molecule has 0 amide bonds. The Bertz CT molecular complexity index is 512. The van der Waals surface area contributed by atoms with E-state index in [2.05, 4.69) is 23.5 Å². The molecule has 21 heavy (non-hydrogen) atoms. The van der Waals surface area contributed by atoms with Crippen LogP contribution in [0.5, 0.6) is 0 Å². The number of hydrogen-bond donors (Lipinski definition) is 1. The summed E-state index contributed by atoms with van der Waals surface area (Å²) in [6.45, 7) is 6.85. The summed E-state index contributed by atoms with van der Waals surface area (Å²) in [5.41, 5.74) is -0.274. The molecule has 110 valence electrons. The van der Waals surface area contributed by atoms with Gasteiger partial charge in [-0.15, -0.1) is 0 Å². The molecule has 0 aliphatic heterocycles. The number of aromatic nitrogens is 1. The van der Waals surface area contributed by atoms with Crippen molar-refractivity contribution < 1.29 is 19.1 Å². The number of nitrogens with one attached hydrogen (secondary N) is 1. The third-order valence-electron chi connectivity index (χ3n) is 2.13. The molecular formula is C15H16N2O4. The van der Waals surface area contributed by atoms with Crippen LogP contribution in [0.25, 0.3) is 0 Å². The first-order chi connectivity index (χ1) is 10.2. The SMILES string of the molecule is C=CCOC(=O)C(=CNc1ccccn1)C(=O)OCC=C. The van der Waals surface area contributed by atoms with Crippen LogP contribution in [-0.4, -0.2) is 30.1 Å². The van der Waals surface area contributed by atoms with Gasteiger partial charge in [0.05, 0.1) is 0 Å². The molecule has 1 aromatic rings. The third kappa shape index (κ3) is 5.73. The van der Waals surface area contributed by atoms with Crippen molar-refractivity contribution in [3.8, 4) is 0 Å². The molecule has 0 spiro atoms. The molecule has 1 N–H and O–H groups in total. The van der Waals surface area contributed by atoms with Crippen LogP contribution < -0.4 is 5.32 Å². The van der Waals surface area contributed by atoms with Crippen LogP contribution in [0.3, 0.4) is 0 Å². The summed E-state index contributed by atoms with van der Waals surface area (Å²) in [5, 5.41) is 2.73. The summed E-state index contributed by atoms with van der Waals surface area (Å²) in [6, 6.07) is 5.18. The van der Waals surface area contributed by atoms with Gasteiger partial charge in [-0.3, -0.25) is 0 Å². The molecule has 0 saturated heterocycles. The maximum atomic E-state index is 11.8. The molecule has 1 heterocycles. The van der Waals surface area contributed by atoms with Crippen molar-refractivity contribution in [3.63, 3.8) is 0 Å². The molecule has 6 nitrogen and oxygen atoms in total. The van der Waals surface area contributed by atoms with Gasteiger partial charge in [-0.2, -0.15) is 0 Å². The number of carbonyl (C=O) groups is 2. The lowest BCUT2D eigenvalue weighted by atomic mass is 10.3. The quantitative estimate of drug-likeness (QED) is 0.258. The van der Waals surface area contributed by atoms with Crippen LogP contribution in [0.2, 0.25) is 0 Å². The molecule has 0 saturated carbocycles. The minimum Gasteiger partial charge on any atom is -0.458 e. The average molecular weight is 288 g/mol. The summed E-state index contributed by atoms with van der Waals surface area (Å²) in [7, 11) is 0. The van der Waals surface area contributed by atoms with E-state index < -0.39 is 11.9 Å². The molecule has 0 aliphatic carbocycles. The summed E-state index contributed by atoms with van der Waals surface area (Å²) < 4.78 is 9.66. The van der Waals surface area contributed by atoms with Gasteiger partial charge in [0.2, 0.25) is 0 Å². The molecule has 0 bridgehead atoms. The molecule has 0 fully saturated rings. The predicted molar refractivity (Wildman–Crippen MR) is 78.3 cm³/mol. The van der Waals surface area contributed by atoms with Gasteiger partial charge >= 0.3 is 11.9 Å². The highest BCUT2D eigenvalue weighted by Crippen LogP contribution is 2.06. The zero-order valence-corrected chi connectivity index (χ0v) is 11.5. The highest BCUT2D eigenvalue weighted by molar-refractivity contribution is 6.14. The Morgan fingerprint density at radius 3 is 2.24 bits per heavy atom.